The van der Waals surface area contributed by atoms with Crippen molar-refractivity contribution in [1.82, 2.24) is 19.9 Å². The minimum atomic E-state index is -1.79. The summed E-state index contributed by atoms with van der Waals surface area (Å²) in [6.07, 6.45) is 7.79. The van der Waals surface area contributed by atoms with E-state index in [1.165, 1.54) is 0 Å². The molecule has 3 atom stereocenters. The molecule has 0 radical (unpaired) electrons. The molecule has 3 heterocycles. The van der Waals surface area contributed by atoms with Crippen molar-refractivity contribution in [3.8, 4) is 11.5 Å². The Balaban J connectivity index is 1.69. The Morgan fingerprint density at radius 1 is 1.14 bits per heavy atom. The number of nitrogens with zero attached hydrogens (tertiary/aromatic N) is 3. The third kappa shape index (κ3) is 4.12. The minimum Gasteiger partial charge on any atom is -0.493 e. The third-order valence-corrected chi connectivity index (χ3v) is 5.92. The first-order chi connectivity index (χ1) is 14.1. The average Bonchev–Trinajstić information content (AvgIpc) is 3.00. The van der Waals surface area contributed by atoms with Crippen molar-refractivity contribution in [2.45, 2.75) is 6.54 Å². The van der Waals surface area contributed by atoms with Crippen LogP contribution in [-0.4, -0.2) is 56.4 Å². The van der Waals surface area contributed by atoms with Gasteiger partial charge in [-0.25, -0.2) is 9.19 Å². The number of hydrogen-bond donors (Lipinski definition) is 2. The number of benzene rings is 1. The monoisotopic (exact) mass is 416 g/mol. The molecule has 1 aromatic carbocycles. The summed E-state index contributed by atoms with van der Waals surface area (Å²) in [6, 6.07) is 3.81. The van der Waals surface area contributed by atoms with E-state index in [-0.39, 0.29) is 17.6 Å². The van der Waals surface area contributed by atoms with E-state index in [1.54, 1.807) is 20.4 Å². The highest BCUT2D eigenvalue weighted by Gasteiger charge is 2.18. The van der Waals surface area contributed by atoms with E-state index in [2.05, 4.69) is 25.9 Å². The smallest absolute Gasteiger partial charge is 0.162 e. The van der Waals surface area contributed by atoms with Crippen molar-refractivity contribution in [1.29, 1.82) is 0 Å². The van der Waals surface area contributed by atoms with Gasteiger partial charge in [0.05, 0.1) is 43.5 Å². The summed E-state index contributed by atoms with van der Waals surface area (Å²) in [7, 11) is 3.23. The molecule has 1 aliphatic heterocycles. The molecule has 0 amide bonds. The molecule has 2 N–H and O–H groups in total. The fourth-order valence-electron chi connectivity index (χ4n) is 3.80. The highest BCUT2D eigenvalue weighted by molar-refractivity contribution is 7.79. The van der Waals surface area contributed by atoms with Crippen LogP contribution in [0.1, 0.15) is 0 Å². The number of nitrogens with one attached hydrogen (secondary N) is 1. The summed E-state index contributed by atoms with van der Waals surface area (Å²) in [5, 5.41) is 4.35. The summed E-state index contributed by atoms with van der Waals surface area (Å²) in [5.41, 5.74) is 2.64. The van der Waals surface area contributed by atoms with Crippen molar-refractivity contribution in [2.24, 2.45) is 11.8 Å². The lowest BCUT2D eigenvalue weighted by molar-refractivity contribution is 0.356. The quantitative estimate of drug-likeness (QED) is 0.470. The molecule has 1 aliphatic rings. The maximum absolute atomic E-state index is 11.1. The van der Waals surface area contributed by atoms with Gasteiger partial charge in [-0.2, -0.15) is 0 Å². The van der Waals surface area contributed by atoms with Crippen molar-refractivity contribution >= 4 is 33.0 Å². The van der Waals surface area contributed by atoms with Crippen LogP contribution < -0.4 is 14.8 Å². The van der Waals surface area contributed by atoms with Gasteiger partial charge in [0, 0.05) is 42.9 Å². The van der Waals surface area contributed by atoms with E-state index < -0.39 is 11.1 Å². The van der Waals surface area contributed by atoms with E-state index in [0.29, 0.717) is 18.0 Å². The molecule has 2 aromatic heterocycles. The number of pyridine rings is 1. The van der Waals surface area contributed by atoms with Crippen LogP contribution in [0.25, 0.3) is 21.9 Å². The first kappa shape index (κ1) is 19.8. The summed E-state index contributed by atoms with van der Waals surface area (Å²) >= 11 is -1.79. The molecule has 0 fully saturated rings. The van der Waals surface area contributed by atoms with Gasteiger partial charge >= 0.3 is 0 Å². The largest absolute Gasteiger partial charge is 0.493 e. The number of ether oxygens (including phenoxy) is 2. The van der Waals surface area contributed by atoms with Crippen molar-refractivity contribution in [2.75, 3.05) is 33.1 Å². The van der Waals surface area contributed by atoms with Crippen LogP contribution in [0, 0.1) is 11.8 Å². The Morgan fingerprint density at radius 2 is 1.86 bits per heavy atom. The zero-order valence-electron chi connectivity index (χ0n) is 16.4. The van der Waals surface area contributed by atoms with Gasteiger partial charge in [-0.1, -0.05) is 12.2 Å². The lowest BCUT2D eigenvalue weighted by atomic mass is 10.1. The Morgan fingerprint density at radius 3 is 2.62 bits per heavy atom. The zero-order valence-corrected chi connectivity index (χ0v) is 17.2. The third-order valence-electron chi connectivity index (χ3n) is 5.21. The lowest BCUT2D eigenvalue weighted by Gasteiger charge is -2.15. The van der Waals surface area contributed by atoms with E-state index in [1.807, 2.05) is 24.5 Å². The number of hydrogen-bond acceptors (Lipinski definition) is 6. The number of rotatable bonds is 6. The van der Waals surface area contributed by atoms with Crippen LogP contribution in [0.4, 0.5) is 0 Å². The second kappa shape index (κ2) is 8.48. The van der Waals surface area contributed by atoms with Gasteiger partial charge in [0.15, 0.2) is 22.6 Å². The van der Waals surface area contributed by atoms with Gasteiger partial charge in [0.1, 0.15) is 5.52 Å². The second-order valence-corrected chi connectivity index (χ2v) is 8.14. The summed E-state index contributed by atoms with van der Waals surface area (Å²) in [6.45, 7) is 2.24. The maximum Gasteiger partial charge on any atom is 0.162 e. The predicted octanol–water partition coefficient (Wildman–Crippen LogP) is 2.22. The van der Waals surface area contributed by atoms with Gasteiger partial charge in [-0.15, -0.1) is 0 Å². The molecule has 29 heavy (non-hydrogen) atoms. The topological polar surface area (TPSA) is 98.5 Å². The molecular formula is C20H24N4O4S. The number of methoxy groups -OCH3 is 2. The number of fused-ring (bicyclic) bond motifs is 3. The zero-order chi connectivity index (χ0) is 20.4. The van der Waals surface area contributed by atoms with Crippen molar-refractivity contribution in [3.05, 3.63) is 36.8 Å². The molecule has 0 saturated heterocycles. The molecule has 0 bridgehead atoms. The first-order valence-electron chi connectivity index (χ1n) is 9.41. The highest BCUT2D eigenvalue weighted by atomic mass is 32.2. The predicted molar refractivity (Wildman–Crippen MR) is 113 cm³/mol. The standard InChI is InChI=1S/C20H24N4O4S/c1-27-18-5-15-16(6-19(18)28-2)22-9-17-20(15)24(12-23-17)10-13-3-4-14(8-21-7-13)11-29(25)26/h3-6,9,12-14,21H,7-8,10-11H2,1-2H3,(H,25,26). The van der Waals surface area contributed by atoms with Gasteiger partial charge in [-0.05, 0) is 6.07 Å². The van der Waals surface area contributed by atoms with Crippen LogP contribution in [0.2, 0.25) is 0 Å². The molecule has 9 heteroatoms. The summed E-state index contributed by atoms with van der Waals surface area (Å²) in [5.74, 6) is 1.85. The average molecular weight is 417 g/mol. The molecule has 4 rings (SSSR count). The van der Waals surface area contributed by atoms with Crippen molar-refractivity contribution < 1.29 is 18.2 Å². The Bertz CT molecular complexity index is 1080. The van der Waals surface area contributed by atoms with Gasteiger partial charge in [-0.3, -0.25) is 4.98 Å². The Kier molecular flexibility index (Phi) is 5.79. The highest BCUT2D eigenvalue weighted by Crippen LogP contribution is 2.34. The van der Waals surface area contributed by atoms with Crippen LogP contribution in [0.3, 0.4) is 0 Å². The van der Waals surface area contributed by atoms with Gasteiger partial charge < -0.3 is 23.9 Å². The second-order valence-electron chi connectivity index (χ2n) is 7.16. The number of aromatic nitrogens is 3. The van der Waals surface area contributed by atoms with Gasteiger partial charge in [0.2, 0.25) is 0 Å². The van der Waals surface area contributed by atoms with Crippen LogP contribution in [0.5, 0.6) is 11.5 Å². The summed E-state index contributed by atoms with van der Waals surface area (Å²) < 4.78 is 33.2. The normalized spacial score (nSPS) is 20.7. The molecule has 8 nitrogen and oxygen atoms in total. The molecule has 154 valence electrons. The molecule has 0 saturated carbocycles. The van der Waals surface area contributed by atoms with Crippen LogP contribution >= 0.6 is 0 Å². The molecule has 3 unspecified atom stereocenters. The Labute approximate surface area is 171 Å². The van der Waals surface area contributed by atoms with E-state index >= 15 is 0 Å². The lowest BCUT2D eigenvalue weighted by Crippen LogP contribution is -2.27. The SMILES string of the molecule is COc1cc2ncc3ncn(CC4C=CC(CS(=O)O)CNC4)c3c2cc1OC. The van der Waals surface area contributed by atoms with E-state index in [9.17, 15) is 4.21 Å². The molecule has 0 spiro atoms. The minimum absolute atomic E-state index is 0.0621. The molecule has 0 aliphatic carbocycles. The fraction of sp³-hybridized carbons (Fsp3) is 0.400. The Hall–Kier alpha value is -2.49. The van der Waals surface area contributed by atoms with Crippen LogP contribution in [-0.2, 0) is 17.6 Å². The molecule has 3 aromatic rings. The fourth-order valence-corrected chi connectivity index (χ4v) is 4.39. The van der Waals surface area contributed by atoms with E-state index in [4.69, 9.17) is 14.0 Å². The van der Waals surface area contributed by atoms with Gasteiger partial charge in [0.25, 0.3) is 0 Å². The van der Waals surface area contributed by atoms with E-state index in [0.717, 1.165) is 35.0 Å². The van der Waals surface area contributed by atoms with Crippen molar-refractivity contribution in [3.63, 3.8) is 0 Å². The maximum atomic E-state index is 11.1. The van der Waals surface area contributed by atoms with Crippen LogP contribution in [0.15, 0.2) is 36.8 Å². The first-order valence-corrected chi connectivity index (χ1v) is 10.7. The summed E-state index contributed by atoms with van der Waals surface area (Å²) in [4.78, 5) is 9.04. The molecular weight excluding hydrogens is 392 g/mol. The number of imidazole rings is 1.